The summed E-state index contributed by atoms with van der Waals surface area (Å²) in [5, 5.41) is -0.0616. The van der Waals surface area contributed by atoms with E-state index in [1.807, 2.05) is 0 Å². The van der Waals surface area contributed by atoms with Gasteiger partial charge >= 0.3 is 0 Å². The first-order valence-electron chi connectivity index (χ1n) is 10.3. The van der Waals surface area contributed by atoms with Crippen molar-refractivity contribution >= 4 is 68.4 Å². The van der Waals surface area contributed by atoms with Crippen molar-refractivity contribution in [2.45, 2.75) is 73.7 Å². The van der Waals surface area contributed by atoms with Crippen LogP contribution in [0.15, 0.2) is 20.3 Å². The maximum Gasteiger partial charge on any atom is 0.233 e. The van der Waals surface area contributed by atoms with Gasteiger partial charge in [-0.3, -0.25) is 0 Å². The number of hydrogen-bond donors (Lipinski definition) is 0. The second-order valence-corrected chi connectivity index (χ2v) is 11.9. The predicted molar refractivity (Wildman–Crippen MR) is 140 cm³/mol. The van der Waals surface area contributed by atoms with Crippen molar-refractivity contribution in [1.29, 1.82) is 0 Å². The average molecular weight is 683 g/mol. The molecule has 2 aliphatic heterocycles. The van der Waals surface area contributed by atoms with Crippen LogP contribution in [0.1, 0.15) is 51.4 Å². The molecule has 8 heteroatoms. The van der Waals surface area contributed by atoms with E-state index in [2.05, 4.69) is 70.2 Å². The van der Waals surface area contributed by atoms with Crippen molar-refractivity contribution in [2.75, 3.05) is 26.4 Å². The molecule has 0 spiro atoms. The number of halogens is 4. The smallest absolute Gasteiger partial charge is 0.233 e. The number of alkyl halides is 2. The Morgan fingerprint density at radius 3 is 1.40 bits per heavy atom. The summed E-state index contributed by atoms with van der Waals surface area (Å²) in [6.45, 7) is 10.3. The van der Waals surface area contributed by atoms with E-state index in [1.54, 1.807) is 0 Å². The monoisotopic (exact) mass is 682 g/mol. The number of rotatable bonds is 10. The third-order valence-electron chi connectivity index (χ3n) is 4.82. The zero-order chi connectivity index (χ0) is 22.0. The summed E-state index contributed by atoms with van der Waals surface area (Å²) in [5.41, 5.74) is 0. The molecule has 2 atom stereocenters. The van der Waals surface area contributed by atoms with Gasteiger partial charge in [0, 0.05) is 23.6 Å². The zero-order valence-electron chi connectivity index (χ0n) is 17.2. The fourth-order valence-corrected chi connectivity index (χ4v) is 5.45. The second-order valence-electron chi connectivity index (χ2n) is 7.57. The summed E-state index contributed by atoms with van der Waals surface area (Å²) < 4.78 is 26.1. The van der Waals surface area contributed by atoms with Gasteiger partial charge in [-0.15, -0.1) is 23.2 Å². The molecule has 0 aliphatic carbocycles. The van der Waals surface area contributed by atoms with Crippen molar-refractivity contribution < 1.29 is 18.9 Å². The fourth-order valence-electron chi connectivity index (χ4n) is 3.28. The van der Waals surface area contributed by atoms with Crippen LogP contribution in [0.3, 0.4) is 0 Å². The van der Waals surface area contributed by atoms with Crippen molar-refractivity contribution in [3.8, 4) is 11.8 Å². The van der Waals surface area contributed by atoms with Crippen LogP contribution in [0.4, 0.5) is 0 Å². The lowest BCUT2D eigenvalue weighted by Crippen LogP contribution is -2.43. The molecule has 30 heavy (non-hydrogen) atoms. The maximum atomic E-state index is 6.46. The van der Waals surface area contributed by atoms with Crippen molar-refractivity contribution in [3.63, 3.8) is 0 Å². The molecule has 2 aliphatic rings. The van der Waals surface area contributed by atoms with Gasteiger partial charge in [-0.05, 0) is 103 Å². The SMILES string of the molecule is C=C(I)C[C@H](Cl)CCC1(C#CC2(CC[C@@H](Cl)CC(=C)I)OCCCO2)OCCCO1. The molecule has 2 fully saturated rings. The predicted octanol–water partition coefficient (Wildman–Crippen LogP) is 6.71. The van der Waals surface area contributed by atoms with Crippen molar-refractivity contribution in [2.24, 2.45) is 0 Å². The van der Waals surface area contributed by atoms with Crippen LogP contribution in [-0.4, -0.2) is 48.8 Å². The van der Waals surface area contributed by atoms with E-state index >= 15 is 0 Å². The Morgan fingerprint density at radius 2 is 1.10 bits per heavy atom. The van der Waals surface area contributed by atoms with E-state index in [4.69, 9.17) is 42.1 Å². The summed E-state index contributed by atoms with van der Waals surface area (Å²) in [6, 6.07) is 0. The van der Waals surface area contributed by atoms with Crippen LogP contribution in [-0.2, 0) is 18.9 Å². The molecule has 0 unspecified atom stereocenters. The van der Waals surface area contributed by atoms with Gasteiger partial charge in [-0.1, -0.05) is 13.2 Å². The topological polar surface area (TPSA) is 36.9 Å². The molecule has 0 aromatic heterocycles. The lowest BCUT2D eigenvalue weighted by molar-refractivity contribution is -0.241. The summed E-state index contributed by atoms with van der Waals surface area (Å²) >= 11 is 17.3. The van der Waals surface area contributed by atoms with Crippen LogP contribution in [0.5, 0.6) is 0 Å². The lowest BCUT2D eigenvalue weighted by atomic mass is 10.0. The molecule has 2 heterocycles. The van der Waals surface area contributed by atoms with Crippen LogP contribution in [0, 0.1) is 11.8 Å². The van der Waals surface area contributed by atoms with E-state index in [9.17, 15) is 0 Å². The van der Waals surface area contributed by atoms with E-state index < -0.39 is 11.6 Å². The minimum Gasteiger partial charge on any atom is -0.340 e. The van der Waals surface area contributed by atoms with Gasteiger partial charge in [0.05, 0.1) is 26.4 Å². The Kier molecular flexibility index (Phi) is 12.3. The molecule has 0 radical (unpaired) electrons. The van der Waals surface area contributed by atoms with Crippen LogP contribution < -0.4 is 0 Å². The van der Waals surface area contributed by atoms with Gasteiger partial charge < -0.3 is 18.9 Å². The first-order valence-corrected chi connectivity index (χ1v) is 13.3. The molecule has 2 rings (SSSR count). The Morgan fingerprint density at radius 1 is 0.767 bits per heavy atom. The molecule has 0 saturated carbocycles. The fraction of sp³-hybridized carbons (Fsp3) is 0.727. The third kappa shape index (κ3) is 9.82. The third-order valence-corrected chi connectivity index (χ3v) is 6.45. The average Bonchev–Trinajstić information content (AvgIpc) is 2.70. The Hall–Kier alpha value is 0.920. The highest BCUT2D eigenvalue weighted by Gasteiger charge is 2.37. The Bertz CT molecular complexity index is 583. The highest BCUT2D eigenvalue weighted by atomic mass is 127. The van der Waals surface area contributed by atoms with E-state index in [-0.39, 0.29) is 10.8 Å². The first-order chi connectivity index (χ1) is 14.2. The number of ether oxygens (including phenoxy) is 4. The van der Waals surface area contributed by atoms with Crippen molar-refractivity contribution in [3.05, 3.63) is 20.3 Å². The van der Waals surface area contributed by atoms with E-state index in [1.165, 1.54) is 0 Å². The first kappa shape index (κ1) is 27.2. The van der Waals surface area contributed by atoms with Gasteiger partial charge in [0.1, 0.15) is 0 Å². The Labute approximate surface area is 218 Å². The molecule has 0 amide bonds. The molecule has 0 aromatic rings. The molecule has 4 nitrogen and oxygen atoms in total. The van der Waals surface area contributed by atoms with Crippen LogP contribution in [0.2, 0.25) is 0 Å². The molecule has 0 aromatic carbocycles. The van der Waals surface area contributed by atoms with Crippen LogP contribution in [0.25, 0.3) is 0 Å². The molecule has 0 bridgehead atoms. The summed E-state index contributed by atoms with van der Waals surface area (Å²) in [7, 11) is 0. The number of hydrogen-bond acceptors (Lipinski definition) is 4. The standard InChI is InChI=1S/C22H30Cl2I2O4/c1-17(25)15-19(23)5-7-21(27-11-3-12-28-21)9-10-22(29-13-4-14-30-22)8-6-20(24)16-18(2)26/h19-20H,1-8,11-16H2/t19-,20-/m1/s1. The van der Waals surface area contributed by atoms with E-state index in [0.29, 0.717) is 52.1 Å². The van der Waals surface area contributed by atoms with Gasteiger partial charge in [-0.25, -0.2) is 0 Å². The van der Waals surface area contributed by atoms with Crippen LogP contribution >= 0.6 is 68.4 Å². The van der Waals surface area contributed by atoms with Gasteiger partial charge in [-0.2, -0.15) is 0 Å². The van der Waals surface area contributed by atoms with Gasteiger partial charge in [0.25, 0.3) is 0 Å². The van der Waals surface area contributed by atoms with E-state index in [0.717, 1.165) is 32.8 Å². The molecule has 2 saturated heterocycles. The van der Waals surface area contributed by atoms with Gasteiger partial charge in [0.15, 0.2) is 0 Å². The Balaban J connectivity index is 2.11. The molecule has 0 N–H and O–H groups in total. The second kappa shape index (κ2) is 13.6. The summed E-state index contributed by atoms with van der Waals surface area (Å²) in [5.74, 6) is 4.50. The highest BCUT2D eigenvalue weighted by Crippen LogP contribution is 2.31. The molecule has 170 valence electrons. The van der Waals surface area contributed by atoms with Gasteiger partial charge in [0.2, 0.25) is 11.6 Å². The summed E-state index contributed by atoms with van der Waals surface area (Å²) in [4.78, 5) is 0. The summed E-state index contributed by atoms with van der Waals surface area (Å²) in [6.07, 6.45) is 5.81. The number of allylic oxidation sites excluding steroid dienone is 2. The molecular weight excluding hydrogens is 653 g/mol. The largest absolute Gasteiger partial charge is 0.340 e. The van der Waals surface area contributed by atoms with Crippen molar-refractivity contribution in [1.82, 2.24) is 0 Å². The minimum atomic E-state index is -0.980. The quantitative estimate of drug-likeness (QED) is 0.146. The molecular formula is C22H30Cl2I2O4. The highest BCUT2D eigenvalue weighted by molar-refractivity contribution is 14.1. The lowest BCUT2D eigenvalue weighted by Gasteiger charge is -2.36. The zero-order valence-corrected chi connectivity index (χ0v) is 23.0. The minimum absolute atomic E-state index is 0.0308. The normalized spacial score (nSPS) is 22.4. The maximum absolute atomic E-state index is 6.46.